The molecule has 6 nitrogen and oxygen atoms in total. The fourth-order valence-corrected chi connectivity index (χ4v) is 2.67. The van der Waals surface area contributed by atoms with Crippen molar-refractivity contribution < 1.29 is 18.7 Å². The first-order valence-electron chi connectivity index (χ1n) is 7.20. The fraction of sp³-hybridized carbons (Fsp3) is 0.118. The van der Waals surface area contributed by atoms with E-state index in [1.165, 1.54) is 30.6 Å². The molecular formula is C17H14N2O4S. The molecule has 2 heterocycles. The van der Waals surface area contributed by atoms with Gasteiger partial charge in [-0.25, -0.2) is 9.78 Å². The quantitative estimate of drug-likeness (QED) is 0.717. The van der Waals surface area contributed by atoms with E-state index in [9.17, 15) is 9.59 Å². The molecule has 0 aliphatic carbocycles. The van der Waals surface area contributed by atoms with E-state index in [0.29, 0.717) is 5.13 Å². The maximum absolute atomic E-state index is 12.1. The van der Waals surface area contributed by atoms with Crippen LogP contribution in [0.2, 0.25) is 0 Å². The Morgan fingerprint density at radius 3 is 2.71 bits per heavy atom. The summed E-state index contributed by atoms with van der Waals surface area (Å²) in [7, 11) is 0. The zero-order valence-corrected chi connectivity index (χ0v) is 13.6. The van der Waals surface area contributed by atoms with E-state index in [0.717, 1.165) is 11.3 Å². The molecule has 0 spiro atoms. The number of hydrogen-bond donors (Lipinski definition) is 1. The largest absolute Gasteiger partial charge is 0.457 e. The van der Waals surface area contributed by atoms with Crippen LogP contribution in [0, 0.1) is 0 Å². The van der Waals surface area contributed by atoms with Crippen molar-refractivity contribution in [2.24, 2.45) is 0 Å². The Kier molecular flexibility index (Phi) is 4.72. The van der Waals surface area contributed by atoms with Gasteiger partial charge in [0.05, 0.1) is 12.0 Å². The average Bonchev–Trinajstić information content (AvgIpc) is 3.27. The lowest BCUT2D eigenvalue weighted by atomic mass is 10.2. The second-order valence-electron chi connectivity index (χ2n) is 4.92. The van der Waals surface area contributed by atoms with Crippen LogP contribution in [0.5, 0.6) is 0 Å². The smallest absolute Gasteiger partial charge is 0.374 e. The number of nitrogens with zero attached hydrogens (tertiary/aromatic N) is 1. The van der Waals surface area contributed by atoms with Crippen LogP contribution in [0.1, 0.15) is 17.5 Å². The van der Waals surface area contributed by atoms with Gasteiger partial charge in [0.1, 0.15) is 0 Å². The number of carbonyl (C=O) groups excluding carboxylic acids is 2. The van der Waals surface area contributed by atoms with Crippen molar-refractivity contribution in [2.75, 3.05) is 5.32 Å². The van der Waals surface area contributed by atoms with Crippen molar-refractivity contribution in [3.05, 3.63) is 59.9 Å². The Morgan fingerprint density at radius 1 is 1.21 bits per heavy atom. The fourth-order valence-electron chi connectivity index (χ4n) is 1.95. The van der Waals surface area contributed by atoms with E-state index in [1.807, 2.05) is 35.7 Å². The van der Waals surface area contributed by atoms with Gasteiger partial charge in [0.15, 0.2) is 11.2 Å². The highest BCUT2D eigenvalue weighted by Gasteiger charge is 2.21. The Bertz CT molecular complexity index is 827. The monoisotopic (exact) mass is 342 g/mol. The molecule has 1 atom stereocenters. The first kappa shape index (κ1) is 15.9. The topological polar surface area (TPSA) is 81.4 Å². The molecule has 1 aromatic carbocycles. The summed E-state index contributed by atoms with van der Waals surface area (Å²) in [5.41, 5.74) is 1.74. The molecule has 7 heteroatoms. The van der Waals surface area contributed by atoms with Crippen LogP contribution in [-0.4, -0.2) is 23.0 Å². The summed E-state index contributed by atoms with van der Waals surface area (Å²) in [5, 5.41) is 4.94. The van der Waals surface area contributed by atoms with Crippen molar-refractivity contribution in [1.82, 2.24) is 4.98 Å². The van der Waals surface area contributed by atoms with Gasteiger partial charge < -0.3 is 9.15 Å². The summed E-state index contributed by atoms with van der Waals surface area (Å²) in [4.78, 5) is 28.2. The number of hydrogen-bond acceptors (Lipinski definition) is 6. The molecule has 0 aliphatic rings. The first-order chi connectivity index (χ1) is 11.6. The van der Waals surface area contributed by atoms with Gasteiger partial charge >= 0.3 is 5.97 Å². The lowest BCUT2D eigenvalue weighted by Crippen LogP contribution is -2.29. The van der Waals surface area contributed by atoms with Crippen LogP contribution in [0.25, 0.3) is 11.3 Å². The van der Waals surface area contributed by atoms with E-state index in [2.05, 4.69) is 10.3 Å². The first-order valence-corrected chi connectivity index (χ1v) is 8.08. The minimum absolute atomic E-state index is 0.0512. The number of anilines is 1. The molecule has 24 heavy (non-hydrogen) atoms. The van der Waals surface area contributed by atoms with Crippen LogP contribution in [0.3, 0.4) is 0 Å². The minimum atomic E-state index is -0.966. The summed E-state index contributed by atoms with van der Waals surface area (Å²) in [6, 6.07) is 12.7. The van der Waals surface area contributed by atoms with E-state index < -0.39 is 18.0 Å². The highest BCUT2D eigenvalue weighted by Crippen LogP contribution is 2.24. The Labute approximate surface area is 142 Å². The maximum atomic E-state index is 12.1. The van der Waals surface area contributed by atoms with Gasteiger partial charge in [0, 0.05) is 10.9 Å². The number of thiazole rings is 1. The molecule has 3 aromatic rings. The summed E-state index contributed by atoms with van der Waals surface area (Å²) in [6.45, 7) is 1.49. The Balaban J connectivity index is 1.60. The SMILES string of the molecule is C[C@H](OC(=O)c1ccco1)C(=O)Nc1nc(-c2ccccc2)cs1. The molecule has 0 radical (unpaired) electrons. The number of ether oxygens (including phenoxy) is 1. The normalized spacial score (nSPS) is 11.7. The molecule has 0 saturated heterocycles. The van der Waals surface area contributed by atoms with Crippen molar-refractivity contribution in [3.8, 4) is 11.3 Å². The number of carbonyl (C=O) groups is 2. The molecule has 3 rings (SSSR count). The number of amides is 1. The van der Waals surface area contributed by atoms with Crippen LogP contribution in [0.4, 0.5) is 5.13 Å². The predicted molar refractivity (Wildman–Crippen MR) is 89.8 cm³/mol. The molecule has 0 saturated carbocycles. The van der Waals surface area contributed by atoms with Gasteiger partial charge in [-0.1, -0.05) is 30.3 Å². The summed E-state index contributed by atoms with van der Waals surface area (Å²) in [5.74, 6) is -1.09. The lowest BCUT2D eigenvalue weighted by Gasteiger charge is -2.11. The van der Waals surface area contributed by atoms with Crippen LogP contribution >= 0.6 is 11.3 Å². The van der Waals surface area contributed by atoms with Crippen LogP contribution < -0.4 is 5.32 Å². The van der Waals surface area contributed by atoms with Crippen molar-refractivity contribution in [3.63, 3.8) is 0 Å². The second-order valence-corrected chi connectivity index (χ2v) is 5.78. The van der Waals surface area contributed by atoms with Crippen molar-refractivity contribution in [1.29, 1.82) is 0 Å². The van der Waals surface area contributed by atoms with Gasteiger partial charge in [-0.3, -0.25) is 10.1 Å². The summed E-state index contributed by atoms with van der Waals surface area (Å²) < 4.78 is 9.98. The molecule has 2 aromatic heterocycles. The lowest BCUT2D eigenvalue weighted by molar-refractivity contribution is -0.123. The van der Waals surface area contributed by atoms with E-state index in [-0.39, 0.29) is 5.76 Å². The third-order valence-electron chi connectivity index (χ3n) is 3.18. The van der Waals surface area contributed by atoms with Gasteiger partial charge in [0.25, 0.3) is 5.91 Å². The van der Waals surface area contributed by atoms with E-state index >= 15 is 0 Å². The molecule has 0 bridgehead atoms. The number of aromatic nitrogens is 1. The second kappa shape index (κ2) is 7.10. The number of benzene rings is 1. The van der Waals surface area contributed by atoms with Gasteiger partial charge in [0.2, 0.25) is 5.76 Å². The summed E-state index contributed by atoms with van der Waals surface area (Å²) in [6.07, 6.45) is 0.397. The number of rotatable bonds is 5. The molecular weight excluding hydrogens is 328 g/mol. The molecule has 0 fully saturated rings. The van der Waals surface area contributed by atoms with E-state index in [1.54, 1.807) is 6.07 Å². The molecule has 1 amide bonds. The Morgan fingerprint density at radius 2 is 2.00 bits per heavy atom. The third kappa shape index (κ3) is 3.69. The highest BCUT2D eigenvalue weighted by molar-refractivity contribution is 7.14. The van der Waals surface area contributed by atoms with Crippen molar-refractivity contribution in [2.45, 2.75) is 13.0 Å². The zero-order valence-electron chi connectivity index (χ0n) is 12.8. The van der Waals surface area contributed by atoms with Gasteiger partial charge in [-0.2, -0.15) is 0 Å². The summed E-state index contributed by atoms with van der Waals surface area (Å²) >= 11 is 1.30. The van der Waals surface area contributed by atoms with Crippen LogP contribution in [-0.2, 0) is 9.53 Å². The average molecular weight is 342 g/mol. The molecule has 0 unspecified atom stereocenters. The molecule has 1 N–H and O–H groups in total. The zero-order chi connectivity index (χ0) is 16.9. The maximum Gasteiger partial charge on any atom is 0.374 e. The van der Waals surface area contributed by atoms with Gasteiger partial charge in [-0.15, -0.1) is 11.3 Å². The standard InChI is InChI=1S/C17H14N2O4S/c1-11(23-16(21)14-8-5-9-22-14)15(20)19-17-18-13(10-24-17)12-6-3-2-4-7-12/h2-11H,1H3,(H,18,19,20)/t11-/m0/s1. The molecule has 0 aliphatic heterocycles. The van der Waals surface area contributed by atoms with Crippen molar-refractivity contribution >= 4 is 28.3 Å². The molecule has 122 valence electrons. The Hall–Kier alpha value is -2.93. The third-order valence-corrected chi connectivity index (χ3v) is 3.94. The number of esters is 1. The predicted octanol–water partition coefficient (Wildman–Crippen LogP) is 3.59. The van der Waals surface area contributed by atoms with E-state index in [4.69, 9.17) is 9.15 Å². The number of nitrogens with one attached hydrogen (secondary N) is 1. The van der Waals surface area contributed by atoms with Crippen LogP contribution in [0.15, 0.2) is 58.5 Å². The highest BCUT2D eigenvalue weighted by atomic mass is 32.1. The minimum Gasteiger partial charge on any atom is -0.457 e. The van der Waals surface area contributed by atoms with Gasteiger partial charge in [-0.05, 0) is 19.1 Å². The number of furan rings is 1.